The third-order valence-corrected chi connectivity index (χ3v) is 5.78. The number of hydrogen-bond donors (Lipinski definition) is 2. The van der Waals surface area contributed by atoms with Gasteiger partial charge in [-0.25, -0.2) is 9.59 Å². The summed E-state index contributed by atoms with van der Waals surface area (Å²) in [6.07, 6.45) is -4.93. The first-order valence-electron chi connectivity index (χ1n) is 11.6. The quantitative estimate of drug-likeness (QED) is 0.492. The van der Waals surface area contributed by atoms with E-state index in [1.165, 1.54) is 0 Å². The van der Waals surface area contributed by atoms with Crippen LogP contribution in [0.15, 0.2) is 24.4 Å². The van der Waals surface area contributed by atoms with Crippen molar-refractivity contribution in [3.63, 3.8) is 0 Å². The van der Waals surface area contributed by atoms with Gasteiger partial charge in [0.05, 0.1) is 18.4 Å². The number of aliphatic carboxylic acids is 2. The Morgan fingerprint density at radius 1 is 1.13 bits per heavy atom. The molecule has 1 amide bonds. The SMILES string of the molecule is CN(C)C(=O)COCC12CCCOC1CCN(Cc1ccccn1)C2.O=C(O)C(F)(F)F.O=C(O)C(F)(F)F. The Kier molecular flexibility index (Phi) is 13.1. The van der Waals surface area contributed by atoms with Crippen LogP contribution in [-0.4, -0.2) is 108 Å². The molecule has 2 aliphatic rings. The van der Waals surface area contributed by atoms with Crippen LogP contribution in [0.3, 0.4) is 0 Å². The number of piperidine rings is 1. The van der Waals surface area contributed by atoms with E-state index in [1.807, 2.05) is 18.3 Å². The number of carboxylic acid groups (broad SMARTS) is 2. The van der Waals surface area contributed by atoms with Gasteiger partial charge in [-0.1, -0.05) is 6.07 Å². The van der Waals surface area contributed by atoms with Crippen molar-refractivity contribution in [3.8, 4) is 0 Å². The standard InChI is InChI=1S/C19H29N3O3.2C2HF3O2/c1-21(2)18(23)13-24-15-19-8-5-11-25-17(19)7-10-22(14-19)12-16-6-3-4-9-20-16;2*3-2(4,5)1(6)7/h3-4,6,9,17H,5,7-8,10-15H2,1-2H3;2*(H,6,7). The van der Waals surface area contributed by atoms with Crippen molar-refractivity contribution in [2.75, 3.05) is 47.0 Å². The molecule has 3 heterocycles. The monoisotopic (exact) mass is 575 g/mol. The molecule has 1 aromatic heterocycles. The minimum atomic E-state index is -5.08. The topological polar surface area (TPSA) is 130 Å². The summed E-state index contributed by atoms with van der Waals surface area (Å²) in [6, 6.07) is 6.05. The zero-order chi connectivity index (χ0) is 29.9. The second-order valence-electron chi connectivity index (χ2n) is 9.03. The van der Waals surface area contributed by atoms with Crippen LogP contribution in [0.4, 0.5) is 26.3 Å². The number of likely N-dealkylation sites (tertiary alicyclic amines) is 1. The maximum Gasteiger partial charge on any atom is 0.490 e. The van der Waals surface area contributed by atoms with Crippen molar-refractivity contribution >= 4 is 17.8 Å². The van der Waals surface area contributed by atoms with Crippen LogP contribution >= 0.6 is 0 Å². The molecule has 2 N–H and O–H groups in total. The second-order valence-corrected chi connectivity index (χ2v) is 9.03. The van der Waals surface area contributed by atoms with Gasteiger partial charge in [-0.05, 0) is 31.4 Å². The molecule has 0 radical (unpaired) electrons. The third-order valence-electron chi connectivity index (χ3n) is 5.78. The Bertz CT molecular complexity index is 907. The van der Waals surface area contributed by atoms with Crippen molar-refractivity contribution in [2.45, 2.75) is 44.3 Å². The minimum Gasteiger partial charge on any atom is -0.475 e. The van der Waals surface area contributed by atoms with Gasteiger partial charge in [-0.2, -0.15) is 26.3 Å². The Labute approximate surface area is 220 Å². The first-order valence-corrected chi connectivity index (χ1v) is 11.6. The van der Waals surface area contributed by atoms with Crippen LogP contribution in [0.1, 0.15) is 25.0 Å². The van der Waals surface area contributed by atoms with Crippen LogP contribution in [-0.2, 0) is 30.4 Å². The molecule has 2 aliphatic heterocycles. The molecule has 0 aromatic carbocycles. The van der Waals surface area contributed by atoms with Gasteiger partial charge in [0.2, 0.25) is 5.91 Å². The summed E-state index contributed by atoms with van der Waals surface area (Å²) in [5, 5.41) is 14.2. The summed E-state index contributed by atoms with van der Waals surface area (Å²) in [7, 11) is 3.51. The maximum absolute atomic E-state index is 11.8. The number of rotatable bonds is 6. The summed E-state index contributed by atoms with van der Waals surface area (Å²) in [6.45, 7) is 4.36. The number of fused-ring (bicyclic) bond motifs is 1. The van der Waals surface area contributed by atoms with Crippen molar-refractivity contribution in [1.82, 2.24) is 14.8 Å². The van der Waals surface area contributed by atoms with Gasteiger partial charge in [-0.15, -0.1) is 0 Å². The minimum absolute atomic E-state index is 0.00540. The molecule has 3 rings (SSSR count). The first-order chi connectivity index (χ1) is 18.0. The molecule has 0 bridgehead atoms. The Morgan fingerprint density at radius 3 is 2.21 bits per heavy atom. The van der Waals surface area contributed by atoms with Crippen LogP contribution in [0.2, 0.25) is 0 Å². The predicted octanol–water partition coefficient (Wildman–Crippen LogP) is 2.82. The average molecular weight is 576 g/mol. The number of carbonyl (C=O) groups is 3. The Balaban J connectivity index is 0.000000449. The number of hydrogen-bond acceptors (Lipinski definition) is 7. The predicted molar refractivity (Wildman–Crippen MR) is 122 cm³/mol. The molecule has 0 saturated carbocycles. The van der Waals surface area contributed by atoms with E-state index in [1.54, 1.807) is 19.0 Å². The first kappa shape index (κ1) is 34.0. The number of carboxylic acids is 2. The summed E-state index contributed by atoms with van der Waals surface area (Å²) < 4.78 is 75.4. The van der Waals surface area contributed by atoms with Gasteiger partial charge in [-0.3, -0.25) is 14.7 Å². The smallest absolute Gasteiger partial charge is 0.475 e. The molecule has 10 nitrogen and oxygen atoms in total. The lowest BCUT2D eigenvalue weighted by Crippen LogP contribution is -2.56. The van der Waals surface area contributed by atoms with Crippen molar-refractivity contribution < 1.29 is 60.4 Å². The third kappa shape index (κ3) is 12.2. The number of amides is 1. The fraction of sp³-hybridized carbons (Fsp3) is 0.652. The number of aromatic nitrogens is 1. The number of ether oxygens (including phenoxy) is 2. The van der Waals surface area contributed by atoms with Crippen molar-refractivity contribution in [1.29, 1.82) is 0 Å². The van der Waals surface area contributed by atoms with E-state index in [2.05, 4.69) is 16.0 Å². The van der Waals surface area contributed by atoms with E-state index in [9.17, 15) is 31.1 Å². The summed E-state index contributed by atoms with van der Waals surface area (Å²) in [5.74, 6) is -5.51. The van der Waals surface area contributed by atoms with E-state index in [0.29, 0.717) is 6.61 Å². The van der Waals surface area contributed by atoms with Crippen LogP contribution in [0, 0.1) is 5.41 Å². The molecule has 1 aromatic rings. The zero-order valence-corrected chi connectivity index (χ0v) is 21.3. The number of likely N-dealkylation sites (N-methyl/N-ethyl adjacent to an activating group) is 1. The molecular formula is C23H31F6N3O7. The molecule has 0 spiro atoms. The van der Waals surface area contributed by atoms with Gasteiger partial charge in [0.25, 0.3) is 0 Å². The lowest BCUT2D eigenvalue weighted by molar-refractivity contribution is -0.193. The number of carbonyl (C=O) groups excluding carboxylic acids is 1. The Morgan fingerprint density at radius 2 is 1.72 bits per heavy atom. The summed E-state index contributed by atoms with van der Waals surface area (Å²) >= 11 is 0. The molecule has 2 saturated heterocycles. The lowest BCUT2D eigenvalue weighted by atomic mass is 9.73. The van der Waals surface area contributed by atoms with Gasteiger partial charge in [0.15, 0.2) is 0 Å². The van der Waals surface area contributed by atoms with E-state index in [-0.39, 0.29) is 24.0 Å². The highest BCUT2D eigenvalue weighted by Gasteiger charge is 2.46. The van der Waals surface area contributed by atoms with Gasteiger partial charge in [0.1, 0.15) is 6.61 Å². The van der Waals surface area contributed by atoms with E-state index in [0.717, 1.165) is 51.2 Å². The lowest BCUT2D eigenvalue weighted by Gasteiger charge is -2.50. The second kappa shape index (κ2) is 15.0. The van der Waals surface area contributed by atoms with Gasteiger partial charge < -0.3 is 24.6 Å². The number of nitrogens with zero attached hydrogens (tertiary/aromatic N) is 3. The molecule has 222 valence electrons. The summed E-state index contributed by atoms with van der Waals surface area (Å²) in [5.41, 5.74) is 1.08. The van der Waals surface area contributed by atoms with Crippen molar-refractivity contribution in [2.24, 2.45) is 5.41 Å². The average Bonchev–Trinajstić information content (AvgIpc) is 2.84. The molecular weight excluding hydrogens is 544 g/mol. The van der Waals surface area contributed by atoms with E-state index in [4.69, 9.17) is 29.3 Å². The summed E-state index contributed by atoms with van der Waals surface area (Å²) in [4.78, 5) is 38.1. The molecule has 2 atom stereocenters. The fourth-order valence-corrected chi connectivity index (χ4v) is 3.92. The highest BCUT2D eigenvalue weighted by molar-refractivity contribution is 5.76. The number of pyridine rings is 1. The highest BCUT2D eigenvalue weighted by Crippen LogP contribution is 2.40. The maximum atomic E-state index is 11.8. The van der Waals surface area contributed by atoms with E-state index >= 15 is 0 Å². The van der Waals surface area contributed by atoms with Crippen LogP contribution < -0.4 is 0 Å². The largest absolute Gasteiger partial charge is 0.490 e. The fourth-order valence-electron chi connectivity index (χ4n) is 3.92. The molecule has 16 heteroatoms. The van der Waals surface area contributed by atoms with Gasteiger partial charge >= 0.3 is 24.3 Å². The molecule has 2 fully saturated rings. The normalized spacial score (nSPS) is 21.3. The van der Waals surface area contributed by atoms with E-state index < -0.39 is 24.3 Å². The number of halogens is 6. The zero-order valence-electron chi connectivity index (χ0n) is 21.3. The molecule has 39 heavy (non-hydrogen) atoms. The Hall–Kier alpha value is -2.98. The van der Waals surface area contributed by atoms with Crippen LogP contribution in [0.5, 0.6) is 0 Å². The van der Waals surface area contributed by atoms with Crippen molar-refractivity contribution in [3.05, 3.63) is 30.1 Å². The van der Waals surface area contributed by atoms with Crippen LogP contribution in [0.25, 0.3) is 0 Å². The molecule has 2 unspecified atom stereocenters. The number of alkyl halides is 6. The molecule has 0 aliphatic carbocycles. The highest BCUT2D eigenvalue weighted by atomic mass is 19.4. The van der Waals surface area contributed by atoms with Gasteiger partial charge in [0, 0.05) is 51.9 Å².